The van der Waals surface area contributed by atoms with Crippen LogP contribution in [0.3, 0.4) is 0 Å². The average Bonchev–Trinajstić information content (AvgIpc) is 2.56. The minimum absolute atomic E-state index is 0.103. The van der Waals surface area contributed by atoms with Crippen LogP contribution in [0.1, 0.15) is 12.5 Å². The van der Waals surface area contributed by atoms with Crippen molar-refractivity contribution < 1.29 is 19.6 Å². The van der Waals surface area contributed by atoms with Crippen LogP contribution in [0.2, 0.25) is 5.02 Å². The second kappa shape index (κ2) is 6.40. The Labute approximate surface area is 146 Å². The van der Waals surface area contributed by atoms with Gasteiger partial charge in [0.25, 0.3) is 5.91 Å². The summed E-state index contributed by atoms with van der Waals surface area (Å²) in [6.45, 7) is 1.64. The standard InChI is InChI=1S/C16H12ClN3O5/c1-8-16(22)19-12-6-11(2-3-14(12)25-8)18-7-9-4-10(17)5-13(15(9)21)20(23)24/h2-8,21H,1H3,(H,19,22)/t8-/m1/s1. The molecule has 25 heavy (non-hydrogen) atoms. The van der Waals surface area contributed by atoms with Gasteiger partial charge in [-0.1, -0.05) is 11.6 Å². The average molecular weight is 362 g/mol. The van der Waals surface area contributed by atoms with Crippen molar-refractivity contribution in [1.29, 1.82) is 0 Å². The minimum Gasteiger partial charge on any atom is -0.502 e. The zero-order valence-electron chi connectivity index (χ0n) is 12.9. The van der Waals surface area contributed by atoms with Crippen molar-refractivity contribution in [1.82, 2.24) is 0 Å². The van der Waals surface area contributed by atoms with Gasteiger partial charge in [-0.25, -0.2) is 0 Å². The third-order valence-corrected chi connectivity index (χ3v) is 3.75. The smallest absolute Gasteiger partial charge is 0.312 e. The van der Waals surface area contributed by atoms with Crippen molar-refractivity contribution in [3.63, 3.8) is 0 Å². The minimum atomic E-state index is -0.731. The van der Waals surface area contributed by atoms with E-state index in [0.717, 1.165) is 6.07 Å². The fraction of sp³-hybridized carbons (Fsp3) is 0.125. The lowest BCUT2D eigenvalue weighted by Gasteiger charge is -2.23. The summed E-state index contributed by atoms with van der Waals surface area (Å²) in [5.74, 6) is -0.273. The molecule has 8 nitrogen and oxygen atoms in total. The fourth-order valence-corrected chi connectivity index (χ4v) is 2.49. The van der Waals surface area contributed by atoms with Crippen LogP contribution in [-0.4, -0.2) is 28.3 Å². The van der Waals surface area contributed by atoms with E-state index >= 15 is 0 Å². The molecule has 0 saturated carbocycles. The topological polar surface area (TPSA) is 114 Å². The van der Waals surface area contributed by atoms with Gasteiger partial charge >= 0.3 is 5.69 Å². The number of nitro groups is 1. The second-order valence-electron chi connectivity index (χ2n) is 5.31. The van der Waals surface area contributed by atoms with Crippen molar-refractivity contribution in [2.24, 2.45) is 4.99 Å². The van der Waals surface area contributed by atoms with E-state index < -0.39 is 22.5 Å². The van der Waals surface area contributed by atoms with Gasteiger partial charge in [0.05, 0.1) is 16.3 Å². The number of hydrogen-bond acceptors (Lipinski definition) is 6. The number of anilines is 1. The van der Waals surface area contributed by atoms with Gasteiger partial charge in [-0.05, 0) is 31.2 Å². The van der Waals surface area contributed by atoms with E-state index in [1.807, 2.05) is 0 Å². The van der Waals surface area contributed by atoms with Crippen molar-refractivity contribution in [3.05, 3.63) is 51.0 Å². The van der Waals surface area contributed by atoms with Crippen LogP contribution in [-0.2, 0) is 4.79 Å². The number of nitrogens with zero attached hydrogens (tertiary/aromatic N) is 2. The molecule has 0 bridgehead atoms. The molecule has 1 amide bonds. The molecule has 2 N–H and O–H groups in total. The molecule has 0 radical (unpaired) electrons. The number of halogens is 1. The largest absolute Gasteiger partial charge is 0.502 e. The summed E-state index contributed by atoms with van der Waals surface area (Å²) in [7, 11) is 0. The van der Waals surface area contributed by atoms with Crippen molar-refractivity contribution in [2.45, 2.75) is 13.0 Å². The van der Waals surface area contributed by atoms with Crippen LogP contribution < -0.4 is 10.1 Å². The Balaban J connectivity index is 1.92. The SMILES string of the molecule is C[C@H]1Oc2ccc(N=Cc3cc(Cl)cc([N+](=O)[O-])c3O)cc2NC1=O. The lowest BCUT2D eigenvalue weighted by Crippen LogP contribution is -2.34. The van der Waals surface area contributed by atoms with Crippen LogP contribution in [0.15, 0.2) is 35.3 Å². The van der Waals surface area contributed by atoms with E-state index in [-0.39, 0.29) is 16.5 Å². The lowest BCUT2D eigenvalue weighted by molar-refractivity contribution is -0.385. The Kier molecular flexibility index (Phi) is 4.28. The number of aromatic hydroxyl groups is 1. The summed E-state index contributed by atoms with van der Waals surface area (Å²) >= 11 is 5.83. The first kappa shape index (κ1) is 16.7. The van der Waals surface area contributed by atoms with Gasteiger partial charge in [-0.2, -0.15) is 0 Å². The number of benzene rings is 2. The van der Waals surface area contributed by atoms with Gasteiger partial charge in [0.15, 0.2) is 6.10 Å². The van der Waals surface area contributed by atoms with Crippen molar-refractivity contribution >= 4 is 40.8 Å². The number of phenolic OH excluding ortho intramolecular Hbond substituents is 1. The summed E-state index contributed by atoms with van der Waals surface area (Å²) in [6, 6.07) is 7.30. The van der Waals surface area contributed by atoms with Crippen LogP contribution in [0.5, 0.6) is 11.5 Å². The molecule has 1 atom stereocenters. The first-order valence-electron chi connectivity index (χ1n) is 7.17. The maximum Gasteiger partial charge on any atom is 0.312 e. The Bertz CT molecular complexity index is 913. The highest BCUT2D eigenvalue weighted by Crippen LogP contribution is 2.35. The third-order valence-electron chi connectivity index (χ3n) is 3.53. The van der Waals surface area contributed by atoms with Gasteiger partial charge in [-0.15, -0.1) is 0 Å². The van der Waals surface area contributed by atoms with Gasteiger partial charge in [0, 0.05) is 22.9 Å². The molecular weight excluding hydrogens is 350 g/mol. The predicted molar refractivity (Wildman–Crippen MR) is 92.2 cm³/mol. The number of fused-ring (bicyclic) bond motifs is 1. The zero-order chi connectivity index (χ0) is 18.1. The molecule has 1 aliphatic rings. The lowest BCUT2D eigenvalue weighted by atomic mass is 10.2. The van der Waals surface area contributed by atoms with Crippen LogP contribution in [0, 0.1) is 10.1 Å². The molecule has 0 aromatic heterocycles. The van der Waals surface area contributed by atoms with Crippen molar-refractivity contribution in [3.8, 4) is 11.5 Å². The normalized spacial score (nSPS) is 16.2. The Morgan fingerprint density at radius 3 is 2.88 bits per heavy atom. The molecule has 2 aromatic carbocycles. The Morgan fingerprint density at radius 2 is 2.16 bits per heavy atom. The first-order chi connectivity index (χ1) is 11.8. The van der Waals surface area contributed by atoms with Gasteiger partial charge < -0.3 is 15.2 Å². The van der Waals surface area contributed by atoms with E-state index in [0.29, 0.717) is 17.1 Å². The summed E-state index contributed by atoms with van der Waals surface area (Å²) in [6.07, 6.45) is 0.676. The number of nitro benzene ring substituents is 1. The summed E-state index contributed by atoms with van der Waals surface area (Å²) in [5, 5.41) is 23.7. The molecule has 1 aliphatic heterocycles. The number of hydrogen-bond donors (Lipinski definition) is 2. The number of ether oxygens (including phenoxy) is 1. The second-order valence-corrected chi connectivity index (χ2v) is 5.74. The monoisotopic (exact) mass is 361 g/mol. The van der Waals surface area contributed by atoms with Gasteiger partial charge in [0.2, 0.25) is 5.75 Å². The molecule has 1 heterocycles. The van der Waals surface area contributed by atoms with Crippen LogP contribution in [0.4, 0.5) is 17.1 Å². The molecule has 0 fully saturated rings. The van der Waals surface area contributed by atoms with Gasteiger partial charge in [-0.3, -0.25) is 19.9 Å². The number of carbonyl (C=O) groups is 1. The van der Waals surface area contributed by atoms with E-state index in [1.54, 1.807) is 25.1 Å². The molecule has 2 aromatic rings. The Morgan fingerprint density at radius 1 is 1.40 bits per heavy atom. The number of aliphatic imine (C=N–C) groups is 1. The van der Waals surface area contributed by atoms with E-state index in [9.17, 15) is 20.0 Å². The highest BCUT2D eigenvalue weighted by molar-refractivity contribution is 6.31. The number of phenols is 1. The summed E-state index contributed by atoms with van der Waals surface area (Å²) in [4.78, 5) is 26.0. The number of rotatable bonds is 3. The van der Waals surface area contributed by atoms with Crippen LogP contribution >= 0.6 is 11.6 Å². The molecule has 3 rings (SSSR count). The highest BCUT2D eigenvalue weighted by Gasteiger charge is 2.23. The first-order valence-corrected chi connectivity index (χ1v) is 7.55. The fourth-order valence-electron chi connectivity index (χ4n) is 2.26. The molecule has 0 unspecified atom stereocenters. The van der Waals surface area contributed by atoms with E-state index in [2.05, 4.69) is 10.3 Å². The maximum atomic E-state index is 11.6. The Hall–Kier alpha value is -3.13. The predicted octanol–water partition coefficient (Wildman–Crippen LogP) is 3.42. The number of nitrogens with one attached hydrogen (secondary N) is 1. The maximum absolute atomic E-state index is 11.6. The third kappa shape index (κ3) is 3.38. The van der Waals surface area contributed by atoms with Crippen molar-refractivity contribution in [2.75, 3.05) is 5.32 Å². The van der Waals surface area contributed by atoms with Crippen LogP contribution in [0.25, 0.3) is 0 Å². The molecular formula is C16H12ClN3O5. The zero-order valence-corrected chi connectivity index (χ0v) is 13.6. The van der Waals surface area contributed by atoms with Gasteiger partial charge in [0.1, 0.15) is 5.75 Å². The summed E-state index contributed by atoms with van der Waals surface area (Å²) < 4.78 is 5.44. The molecule has 0 saturated heterocycles. The highest BCUT2D eigenvalue weighted by atomic mass is 35.5. The molecule has 128 valence electrons. The molecule has 0 spiro atoms. The number of carbonyl (C=O) groups excluding carboxylic acids is 1. The van der Waals surface area contributed by atoms with E-state index in [1.165, 1.54) is 12.3 Å². The quantitative estimate of drug-likeness (QED) is 0.494. The van der Waals surface area contributed by atoms with E-state index in [4.69, 9.17) is 16.3 Å². The summed E-state index contributed by atoms with van der Waals surface area (Å²) in [5.41, 5.74) is 0.526. The molecule has 0 aliphatic carbocycles. The molecule has 9 heteroatoms. The number of amides is 1.